The summed E-state index contributed by atoms with van der Waals surface area (Å²) >= 11 is 0. The van der Waals surface area contributed by atoms with Crippen molar-refractivity contribution in [3.8, 4) is 0 Å². The monoisotopic (exact) mass is 284 g/mol. The molecular weight excluding hydrogens is 260 g/mol. The molecule has 3 nitrogen and oxygen atoms in total. The van der Waals surface area contributed by atoms with Gasteiger partial charge in [0.15, 0.2) is 0 Å². The van der Waals surface area contributed by atoms with E-state index in [4.69, 9.17) is 0 Å². The second-order valence-electron chi connectivity index (χ2n) is 4.57. The molecule has 0 aliphatic heterocycles. The summed E-state index contributed by atoms with van der Waals surface area (Å²) in [5, 5.41) is 6.16. The molecule has 1 aromatic carbocycles. The van der Waals surface area contributed by atoms with Crippen molar-refractivity contribution in [2.75, 3.05) is 13.6 Å². The number of carbonyl (C=O) groups excluding carboxylic acids is 1. The van der Waals surface area contributed by atoms with E-state index in [9.17, 15) is 4.79 Å². The summed E-state index contributed by atoms with van der Waals surface area (Å²) < 4.78 is 0. The zero-order valence-electron chi connectivity index (χ0n) is 11.8. The van der Waals surface area contributed by atoms with Crippen molar-refractivity contribution in [2.45, 2.75) is 38.6 Å². The Hall–Kier alpha value is -1.06. The smallest absolute Gasteiger partial charge is 0.220 e. The van der Waals surface area contributed by atoms with Crippen LogP contribution in [-0.4, -0.2) is 25.5 Å². The van der Waals surface area contributed by atoms with Gasteiger partial charge in [-0.1, -0.05) is 37.3 Å². The van der Waals surface area contributed by atoms with Crippen LogP contribution in [0.5, 0.6) is 0 Å². The highest BCUT2D eigenvalue weighted by atomic mass is 35.5. The topological polar surface area (TPSA) is 41.1 Å². The second kappa shape index (κ2) is 10.8. The van der Waals surface area contributed by atoms with Crippen LogP contribution in [0, 0.1) is 0 Å². The van der Waals surface area contributed by atoms with Crippen molar-refractivity contribution in [1.29, 1.82) is 0 Å². The summed E-state index contributed by atoms with van der Waals surface area (Å²) in [7, 11) is 1.90. The van der Waals surface area contributed by atoms with Gasteiger partial charge >= 0.3 is 0 Å². The lowest BCUT2D eigenvalue weighted by Gasteiger charge is -2.17. The van der Waals surface area contributed by atoms with Crippen molar-refractivity contribution < 1.29 is 4.79 Å². The van der Waals surface area contributed by atoms with E-state index >= 15 is 0 Å². The first kappa shape index (κ1) is 17.9. The maximum Gasteiger partial charge on any atom is 0.220 e. The van der Waals surface area contributed by atoms with Crippen LogP contribution < -0.4 is 10.6 Å². The van der Waals surface area contributed by atoms with Gasteiger partial charge in [0.05, 0.1) is 0 Å². The highest BCUT2D eigenvalue weighted by molar-refractivity contribution is 5.85. The molecule has 0 bridgehead atoms. The van der Waals surface area contributed by atoms with Crippen molar-refractivity contribution in [2.24, 2.45) is 0 Å². The van der Waals surface area contributed by atoms with E-state index in [0.717, 1.165) is 25.8 Å². The molecule has 1 unspecified atom stereocenters. The van der Waals surface area contributed by atoms with E-state index in [1.807, 2.05) is 25.2 Å². The number of carbonyl (C=O) groups is 1. The van der Waals surface area contributed by atoms with Gasteiger partial charge in [0.2, 0.25) is 5.91 Å². The molecule has 1 amide bonds. The molecular formula is C15H25ClN2O. The Kier molecular flexibility index (Phi) is 10.2. The van der Waals surface area contributed by atoms with Gasteiger partial charge < -0.3 is 10.6 Å². The second-order valence-corrected chi connectivity index (χ2v) is 4.57. The Bertz CT molecular complexity index is 343. The Morgan fingerprint density at radius 1 is 1.26 bits per heavy atom. The molecule has 4 heteroatoms. The summed E-state index contributed by atoms with van der Waals surface area (Å²) in [5.74, 6) is 0.160. The van der Waals surface area contributed by atoms with E-state index in [-0.39, 0.29) is 24.4 Å². The van der Waals surface area contributed by atoms with Crippen LogP contribution in [0.3, 0.4) is 0 Å². The summed E-state index contributed by atoms with van der Waals surface area (Å²) in [6.45, 7) is 3.00. The van der Waals surface area contributed by atoms with Crippen LogP contribution in [0.2, 0.25) is 0 Å². The summed E-state index contributed by atoms with van der Waals surface area (Å²) in [5.41, 5.74) is 1.28. The van der Waals surface area contributed by atoms with Gasteiger partial charge in [0.25, 0.3) is 0 Å². The molecule has 0 aliphatic rings. The molecule has 0 radical (unpaired) electrons. The van der Waals surface area contributed by atoms with E-state index in [1.165, 1.54) is 5.56 Å². The number of amides is 1. The fraction of sp³-hybridized carbons (Fsp3) is 0.533. The molecule has 108 valence electrons. The first-order valence-electron chi connectivity index (χ1n) is 6.74. The van der Waals surface area contributed by atoms with Crippen molar-refractivity contribution in [1.82, 2.24) is 10.6 Å². The van der Waals surface area contributed by atoms with Gasteiger partial charge in [0.1, 0.15) is 0 Å². The minimum atomic E-state index is 0. The average molecular weight is 285 g/mol. The number of benzene rings is 1. The first-order valence-corrected chi connectivity index (χ1v) is 6.74. The normalized spacial score (nSPS) is 11.5. The quantitative estimate of drug-likeness (QED) is 0.721. The maximum atomic E-state index is 11.7. The molecule has 0 fully saturated rings. The predicted octanol–water partition coefficient (Wildman–Crippen LogP) is 2.55. The lowest BCUT2D eigenvalue weighted by molar-refractivity contribution is -0.121. The van der Waals surface area contributed by atoms with Crippen LogP contribution in [0.4, 0.5) is 0 Å². The number of hydrogen-bond donors (Lipinski definition) is 2. The minimum absolute atomic E-state index is 0. The average Bonchev–Trinajstić information content (AvgIpc) is 2.39. The Labute approximate surface area is 122 Å². The van der Waals surface area contributed by atoms with E-state index in [0.29, 0.717) is 6.42 Å². The van der Waals surface area contributed by atoms with E-state index < -0.39 is 0 Å². The van der Waals surface area contributed by atoms with Crippen LogP contribution in [0.15, 0.2) is 30.3 Å². The van der Waals surface area contributed by atoms with Gasteiger partial charge in [0, 0.05) is 12.5 Å². The fourth-order valence-corrected chi connectivity index (χ4v) is 1.92. The zero-order chi connectivity index (χ0) is 13.2. The standard InChI is InChI=1S/C15H24N2O.ClH/c1-3-14(12-13-8-5-4-6-9-13)17-15(18)10-7-11-16-2;/h4-6,8-9,14,16H,3,7,10-12H2,1-2H3,(H,17,18);1H. The lowest BCUT2D eigenvalue weighted by atomic mass is 10.0. The number of rotatable bonds is 8. The van der Waals surface area contributed by atoms with Crippen LogP contribution in [-0.2, 0) is 11.2 Å². The minimum Gasteiger partial charge on any atom is -0.353 e. The Morgan fingerprint density at radius 3 is 2.53 bits per heavy atom. The molecule has 0 aromatic heterocycles. The van der Waals surface area contributed by atoms with Crippen LogP contribution in [0.25, 0.3) is 0 Å². The molecule has 0 saturated heterocycles. The third-order valence-corrected chi connectivity index (χ3v) is 3.01. The van der Waals surface area contributed by atoms with Crippen LogP contribution in [0.1, 0.15) is 31.7 Å². The number of halogens is 1. The third kappa shape index (κ3) is 7.85. The lowest BCUT2D eigenvalue weighted by Crippen LogP contribution is -2.36. The van der Waals surface area contributed by atoms with Gasteiger partial charge in [-0.25, -0.2) is 0 Å². The largest absolute Gasteiger partial charge is 0.353 e. The molecule has 0 aliphatic carbocycles. The third-order valence-electron chi connectivity index (χ3n) is 3.01. The highest BCUT2D eigenvalue weighted by Gasteiger charge is 2.10. The summed E-state index contributed by atoms with van der Waals surface area (Å²) in [6, 6.07) is 10.6. The summed E-state index contributed by atoms with van der Waals surface area (Å²) in [4.78, 5) is 11.7. The van der Waals surface area contributed by atoms with E-state index in [1.54, 1.807) is 0 Å². The predicted molar refractivity (Wildman–Crippen MR) is 82.8 cm³/mol. The Morgan fingerprint density at radius 2 is 1.95 bits per heavy atom. The van der Waals surface area contributed by atoms with Gasteiger partial charge in [-0.2, -0.15) is 0 Å². The van der Waals surface area contributed by atoms with Crippen molar-refractivity contribution >= 4 is 18.3 Å². The molecule has 1 rings (SSSR count). The van der Waals surface area contributed by atoms with Crippen molar-refractivity contribution in [3.05, 3.63) is 35.9 Å². The SMILES string of the molecule is CCC(Cc1ccccc1)NC(=O)CCCNC.Cl. The Balaban J connectivity index is 0.00000324. The first-order chi connectivity index (χ1) is 8.76. The van der Waals surface area contributed by atoms with Crippen LogP contribution >= 0.6 is 12.4 Å². The molecule has 19 heavy (non-hydrogen) atoms. The van der Waals surface area contributed by atoms with Gasteiger partial charge in [-0.3, -0.25) is 4.79 Å². The fourth-order valence-electron chi connectivity index (χ4n) is 1.92. The van der Waals surface area contributed by atoms with Crippen molar-refractivity contribution in [3.63, 3.8) is 0 Å². The summed E-state index contributed by atoms with van der Waals surface area (Å²) in [6.07, 6.45) is 3.37. The maximum absolute atomic E-state index is 11.7. The molecule has 0 saturated carbocycles. The van der Waals surface area contributed by atoms with Gasteiger partial charge in [-0.15, -0.1) is 12.4 Å². The molecule has 0 spiro atoms. The molecule has 2 N–H and O–H groups in total. The number of nitrogens with one attached hydrogen (secondary N) is 2. The highest BCUT2D eigenvalue weighted by Crippen LogP contribution is 2.06. The molecule has 1 aromatic rings. The van der Waals surface area contributed by atoms with E-state index in [2.05, 4.69) is 29.7 Å². The van der Waals surface area contributed by atoms with Gasteiger partial charge in [-0.05, 0) is 38.4 Å². The number of hydrogen-bond acceptors (Lipinski definition) is 2. The molecule has 1 atom stereocenters. The molecule has 0 heterocycles. The zero-order valence-corrected chi connectivity index (χ0v) is 12.6.